The van der Waals surface area contributed by atoms with E-state index in [-0.39, 0.29) is 5.02 Å². The fraction of sp³-hybridized carbons (Fsp3) is 0.235. The van der Waals surface area contributed by atoms with Gasteiger partial charge in [-0.1, -0.05) is 27.5 Å². The predicted molar refractivity (Wildman–Crippen MR) is 99.3 cm³/mol. The van der Waals surface area contributed by atoms with Crippen LogP contribution in [0.5, 0.6) is 11.5 Å². The lowest BCUT2D eigenvalue weighted by molar-refractivity contribution is 0.313. The van der Waals surface area contributed by atoms with Gasteiger partial charge in [-0.3, -0.25) is 15.4 Å². The minimum atomic E-state index is -0.453. The van der Waals surface area contributed by atoms with Gasteiger partial charge in [-0.25, -0.2) is 4.39 Å². The molecule has 0 amide bonds. The monoisotopic (exact) mass is 427 g/mol. The van der Waals surface area contributed by atoms with Crippen molar-refractivity contribution in [2.45, 2.75) is 0 Å². The zero-order valence-corrected chi connectivity index (χ0v) is 15.8. The second kappa shape index (κ2) is 7.93. The van der Waals surface area contributed by atoms with Crippen molar-refractivity contribution in [2.24, 2.45) is 4.99 Å². The van der Waals surface area contributed by atoms with E-state index in [0.717, 1.165) is 15.9 Å². The number of anilines is 1. The second-order valence-electron chi connectivity index (χ2n) is 5.24. The lowest BCUT2D eigenvalue weighted by atomic mass is 10.2. The third-order valence-electron chi connectivity index (χ3n) is 3.53. The van der Waals surface area contributed by atoms with E-state index in [1.807, 2.05) is 18.3 Å². The highest BCUT2D eigenvalue weighted by Gasteiger charge is 2.10. The Labute approximate surface area is 157 Å². The zero-order valence-electron chi connectivity index (χ0n) is 13.4. The van der Waals surface area contributed by atoms with Gasteiger partial charge in [0.2, 0.25) is 0 Å². The molecule has 2 aromatic rings. The number of nitrogens with one attached hydrogen (secondary N) is 1. The summed E-state index contributed by atoms with van der Waals surface area (Å²) in [5.41, 5.74) is 3.81. The van der Waals surface area contributed by atoms with Crippen LogP contribution in [0.4, 0.5) is 10.1 Å². The van der Waals surface area contributed by atoms with E-state index < -0.39 is 5.82 Å². The Morgan fingerprint density at radius 1 is 1.32 bits per heavy atom. The highest BCUT2D eigenvalue weighted by atomic mass is 79.9. The van der Waals surface area contributed by atoms with Crippen LogP contribution in [0.1, 0.15) is 0 Å². The molecule has 25 heavy (non-hydrogen) atoms. The number of fused-ring (bicyclic) bond motifs is 1. The van der Waals surface area contributed by atoms with Gasteiger partial charge in [0.15, 0.2) is 11.5 Å². The van der Waals surface area contributed by atoms with E-state index in [0.29, 0.717) is 30.5 Å². The minimum Gasteiger partial charge on any atom is -0.493 e. The van der Waals surface area contributed by atoms with Crippen molar-refractivity contribution >= 4 is 39.4 Å². The summed E-state index contributed by atoms with van der Waals surface area (Å²) < 4.78 is 24.3. The minimum absolute atomic E-state index is 0.0644. The maximum absolute atomic E-state index is 13.3. The summed E-state index contributed by atoms with van der Waals surface area (Å²) in [6.45, 7) is 0.926. The van der Waals surface area contributed by atoms with Crippen LogP contribution in [-0.4, -0.2) is 30.7 Å². The van der Waals surface area contributed by atoms with Crippen LogP contribution >= 0.6 is 27.5 Å². The quantitative estimate of drug-likeness (QED) is 0.719. The molecule has 0 fully saturated rings. The van der Waals surface area contributed by atoms with Crippen molar-refractivity contribution < 1.29 is 13.9 Å². The molecule has 1 heterocycles. The molecule has 0 aromatic heterocycles. The zero-order chi connectivity index (χ0) is 17.8. The van der Waals surface area contributed by atoms with Crippen LogP contribution in [0.25, 0.3) is 6.20 Å². The van der Waals surface area contributed by atoms with Gasteiger partial charge < -0.3 is 9.47 Å². The fourth-order valence-corrected chi connectivity index (χ4v) is 2.73. The number of alkyl halides is 1. The predicted octanol–water partition coefficient (Wildman–Crippen LogP) is 2.92. The number of hydrogen-bond acceptors (Lipinski definition) is 5. The molecule has 0 spiro atoms. The van der Waals surface area contributed by atoms with Gasteiger partial charge in [0.05, 0.1) is 29.8 Å². The van der Waals surface area contributed by atoms with Gasteiger partial charge in [-0.2, -0.15) is 0 Å². The van der Waals surface area contributed by atoms with Crippen molar-refractivity contribution in [1.82, 2.24) is 5.01 Å². The SMILES string of the molecule is COc1cc2c(cc1OCCBr)=CN(Nc1ccc(F)c(Cl)c1)CN=2. The second-order valence-corrected chi connectivity index (χ2v) is 6.44. The molecule has 0 bridgehead atoms. The number of rotatable bonds is 6. The smallest absolute Gasteiger partial charge is 0.162 e. The summed E-state index contributed by atoms with van der Waals surface area (Å²) >= 11 is 9.15. The number of nitrogens with zero attached hydrogens (tertiary/aromatic N) is 2. The van der Waals surface area contributed by atoms with Crippen LogP contribution in [0.15, 0.2) is 35.3 Å². The molecule has 0 aliphatic carbocycles. The van der Waals surface area contributed by atoms with Crippen LogP contribution < -0.4 is 25.5 Å². The summed E-state index contributed by atoms with van der Waals surface area (Å²) in [6, 6.07) is 8.19. The molecule has 1 N–H and O–H groups in total. The fourth-order valence-electron chi connectivity index (χ4n) is 2.39. The van der Waals surface area contributed by atoms with E-state index in [9.17, 15) is 4.39 Å². The highest BCUT2D eigenvalue weighted by Crippen LogP contribution is 2.23. The maximum atomic E-state index is 13.3. The Balaban J connectivity index is 1.88. The number of hydrazine groups is 1. The molecule has 0 saturated heterocycles. The number of halogens is 3. The summed E-state index contributed by atoms with van der Waals surface area (Å²) in [6.07, 6.45) is 1.90. The van der Waals surface area contributed by atoms with Crippen LogP contribution in [0.3, 0.4) is 0 Å². The third kappa shape index (κ3) is 4.16. The van der Waals surface area contributed by atoms with Gasteiger partial charge in [-0.05, 0) is 24.3 Å². The van der Waals surface area contributed by atoms with Gasteiger partial charge >= 0.3 is 0 Å². The average Bonchev–Trinajstić information content (AvgIpc) is 2.62. The van der Waals surface area contributed by atoms with E-state index in [2.05, 4.69) is 26.3 Å². The van der Waals surface area contributed by atoms with E-state index in [1.54, 1.807) is 18.2 Å². The van der Waals surface area contributed by atoms with Gasteiger partial charge in [0.1, 0.15) is 12.5 Å². The van der Waals surface area contributed by atoms with Gasteiger partial charge in [0, 0.05) is 22.8 Å². The van der Waals surface area contributed by atoms with Gasteiger partial charge in [-0.15, -0.1) is 0 Å². The van der Waals surface area contributed by atoms with Crippen molar-refractivity contribution in [2.75, 3.05) is 31.1 Å². The Kier molecular flexibility index (Phi) is 5.65. The molecule has 0 unspecified atom stereocenters. The molecule has 5 nitrogen and oxygen atoms in total. The molecule has 1 aliphatic rings. The normalized spacial score (nSPS) is 12.7. The molecule has 3 rings (SSSR count). The standard InChI is InChI=1S/C17H16BrClFN3O2/c1-24-16-8-15-11(6-17(16)25-5-4-18)9-23(10-21-15)22-12-2-3-14(20)13(19)7-12/h2-3,6-9,22H,4-5,10H2,1H3. The molecule has 132 valence electrons. The Hall–Kier alpha value is -1.99. The molecular weight excluding hydrogens is 413 g/mol. The van der Waals surface area contributed by atoms with Crippen LogP contribution in [0.2, 0.25) is 5.02 Å². The van der Waals surface area contributed by atoms with Crippen molar-refractivity contribution in [1.29, 1.82) is 0 Å². The lowest BCUT2D eigenvalue weighted by Crippen LogP contribution is -2.38. The Morgan fingerprint density at radius 3 is 2.88 bits per heavy atom. The topological polar surface area (TPSA) is 46.1 Å². The highest BCUT2D eigenvalue weighted by molar-refractivity contribution is 9.09. The van der Waals surface area contributed by atoms with E-state index in [4.69, 9.17) is 21.1 Å². The summed E-state index contributed by atoms with van der Waals surface area (Å²) in [4.78, 5) is 4.52. The van der Waals surface area contributed by atoms with E-state index >= 15 is 0 Å². The average molecular weight is 429 g/mol. The molecule has 0 saturated carbocycles. The van der Waals surface area contributed by atoms with Crippen molar-refractivity contribution in [3.05, 3.63) is 51.7 Å². The van der Waals surface area contributed by atoms with Crippen LogP contribution in [-0.2, 0) is 0 Å². The summed E-state index contributed by atoms with van der Waals surface area (Å²) in [5.74, 6) is 0.841. The van der Waals surface area contributed by atoms with Crippen molar-refractivity contribution in [3.8, 4) is 11.5 Å². The Bertz CT molecular complexity index is 894. The molecular formula is C17H16BrClFN3O2. The summed E-state index contributed by atoms with van der Waals surface area (Å²) in [7, 11) is 1.60. The van der Waals surface area contributed by atoms with Crippen LogP contribution in [0, 0.1) is 5.82 Å². The van der Waals surface area contributed by atoms with E-state index in [1.165, 1.54) is 12.1 Å². The largest absolute Gasteiger partial charge is 0.493 e. The third-order valence-corrected chi connectivity index (χ3v) is 4.14. The number of methoxy groups -OCH3 is 1. The number of hydrogen-bond donors (Lipinski definition) is 1. The molecule has 2 aromatic carbocycles. The molecule has 1 aliphatic heterocycles. The first-order chi connectivity index (χ1) is 12.1. The molecule has 0 radical (unpaired) electrons. The first-order valence-corrected chi connectivity index (χ1v) is 9.02. The lowest BCUT2D eigenvalue weighted by Gasteiger charge is -2.23. The summed E-state index contributed by atoms with van der Waals surface area (Å²) in [5, 5.41) is 4.28. The number of benzene rings is 2. The molecule has 8 heteroatoms. The van der Waals surface area contributed by atoms with Gasteiger partial charge in [0.25, 0.3) is 0 Å². The number of ether oxygens (including phenoxy) is 2. The first-order valence-electron chi connectivity index (χ1n) is 7.52. The Morgan fingerprint density at radius 2 is 2.16 bits per heavy atom. The van der Waals surface area contributed by atoms with Crippen molar-refractivity contribution in [3.63, 3.8) is 0 Å². The first kappa shape index (κ1) is 17.8. The maximum Gasteiger partial charge on any atom is 0.162 e. The molecule has 0 atom stereocenters.